The van der Waals surface area contributed by atoms with Crippen molar-refractivity contribution in [1.29, 1.82) is 0 Å². The zero-order valence-electron chi connectivity index (χ0n) is 8.19. The maximum absolute atomic E-state index is 13.0. The van der Waals surface area contributed by atoms with Gasteiger partial charge in [0.05, 0.1) is 4.47 Å². The van der Waals surface area contributed by atoms with E-state index in [1.807, 2.05) is 0 Å². The topological polar surface area (TPSA) is 61.8 Å². The zero-order valence-corrected chi connectivity index (χ0v) is 9.78. The number of nitrogens with one attached hydrogen (secondary N) is 1. The monoisotopic (exact) mass is 285 g/mol. The minimum atomic E-state index is -0.764. The highest BCUT2D eigenvalue weighted by molar-refractivity contribution is 9.10. The van der Waals surface area contributed by atoms with Crippen molar-refractivity contribution < 1.29 is 9.50 Å². The van der Waals surface area contributed by atoms with Gasteiger partial charge in [-0.05, 0) is 33.6 Å². The molecule has 1 atom stereocenters. The molecule has 1 unspecified atom stereocenters. The molecule has 16 heavy (non-hydrogen) atoms. The lowest BCUT2D eigenvalue weighted by atomic mass is 10.1. The van der Waals surface area contributed by atoms with Crippen LogP contribution in [-0.2, 0) is 6.42 Å². The van der Waals surface area contributed by atoms with Gasteiger partial charge in [0.2, 0.25) is 0 Å². The Balaban J connectivity index is 2.12. The van der Waals surface area contributed by atoms with Crippen LogP contribution in [0.5, 0.6) is 0 Å². The number of hydrogen-bond donors (Lipinski definition) is 2. The molecule has 2 N–H and O–H groups in total. The Morgan fingerprint density at radius 2 is 2.31 bits per heavy atom. The summed E-state index contributed by atoms with van der Waals surface area (Å²) in [6.07, 6.45) is 0.924. The van der Waals surface area contributed by atoms with Gasteiger partial charge in [0, 0.05) is 6.42 Å². The molecule has 0 spiro atoms. The molecule has 1 aromatic carbocycles. The average molecular weight is 286 g/mol. The van der Waals surface area contributed by atoms with Crippen LogP contribution in [0.25, 0.3) is 0 Å². The minimum Gasteiger partial charge on any atom is -0.385 e. The maximum atomic E-state index is 13.0. The fourth-order valence-electron chi connectivity index (χ4n) is 1.36. The minimum absolute atomic E-state index is 0.321. The number of rotatable bonds is 3. The number of aliphatic hydroxyl groups excluding tert-OH is 1. The summed E-state index contributed by atoms with van der Waals surface area (Å²) in [6.45, 7) is 0. The van der Waals surface area contributed by atoms with Crippen molar-refractivity contribution in [1.82, 2.24) is 15.2 Å². The molecule has 0 bridgehead atoms. The average Bonchev–Trinajstić information content (AvgIpc) is 2.77. The predicted octanol–water partition coefficient (Wildman–Crippen LogP) is 1.98. The summed E-state index contributed by atoms with van der Waals surface area (Å²) in [7, 11) is 0. The van der Waals surface area contributed by atoms with Gasteiger partial charge < -0.3 is 5.11 Å². The summed E-state index contributed by atoms with van der Waals surface area (Å²) < 4.78 is 13.4. The van der Waals surface area contributed by atoms with Crippen LogP contribution >= 0.6 is 15.9 Å². The van der Waals surface area contributed by atoms with Crippen LogP contribution < -0.4 is 0 Å². The quantitative estimate of drug-likeness (QED) is 0.907. The van der Waals surface area contributed by atoms with Crippen molar-refractivity contribution in [2.24, 2.45) is 0 Å². The van der Waals surface area contributed by atoms with Gasteiger partial charge in [-0.25, -0.2) is 9.37 Å². The number of halogens is 2. The first kappa shape index (κ1) is 11.2. The first-order valence-electron chi connectivity index (χ1n) is 4.64. The molecule has 0 amide bonds. The lowest BCUT2D eigenvalue weighted by molar-refractivity contribution is 0.168. The first-order chi connectivity index (χ1) is 7.66. The second-order valence-electron chi connectivity index (χ2n) is 3.34. The molecule has 6 heteroatoms. The van der Waals surface area contributed by atoms with E-state index in [0.29, 0.717) is 16.7 Å². The predicted molar refractivity (Wildman–Crippen MR) is 59.1 cm³/mol. The van der Waals surface area contributed by atoms with Crippen molar-refractivity contribution >= 4 is 15.9 Å². The number of aliphatic hydroxyl groups is 1. The van der Waals surface area contributed by atoms with Crippen molar-refractivity contribution in [3.63, 3.8) is 0 Å². The molecule has 84 valence electrons. The Labute approximate surface area is 99.7 Å². The number of nitrogens with zero attached hydrogens (tertiary/aromatic N) is 2. The van der Waals surface area contributed by atoms with Crippen LogP contribution in [0.2, 0.25) is 0 Å². The third-order valence-electron chi connectivity index (χ3n) is 2.16. The summed E-state index contributed by atoms with van der Waals surface area (Å²) in [5, 5.41) is 16.0. The first-order valence-corrected chi connectivity index (χ1v) is 5.43. The zero-order chi connectivity index (χ0) is 11.5. The smallest absolute Gasteiger partial charge is 0.153 e. The highest BCUT2D eigenvalue weighted by atomic mass is 79.9. The molecule has 0 fully saturated rings. The summed E-state index contributed by atoms with van der Waals surface area (Å²) in [4.78, 5) is 3.85. The molecule has 0 aliphatic heterocycles. The fraction of sp³-hybridized carbons (Fsp3) is 0.200. The van der Waals surface area contributed by atoms with Gasteiger partial charge in [0.1, 0.15) is 18.2 Å². The van der Waals surface area contributed by atoms with Crippen molar-refractivity contribution in [2.45, 2.75) is 12.5 Å². The van der Waals surface area contributed by atoms with Gasteiger partial charge in [-0.1, -0.05) is 6.07 Å². The number of aromatic nitrogens is 3. The SMILES string of the molecule is OC(Cc1ccc(F)c(Br)c1)c1ncn[nH]1. The molecule has 1 heterocycles. The van der Waals surface area contributed by atoms with Gasteiger partial charge in [0.25, 0.3) is 0 Å². The molecule has 0 saturated heterocycles. The van der Waals surface area contributed by atoms with Crippen molar-refractivity contribution in [3.8, 4) is 0 Å². The Morgan fingerprint density at radius 3 is 2.94 bits per heavy atom. The van der Waals surface area contributed by atoms with Gasteiger partial charge >= 0.3 is 0 Å². The second kappa shape index (κ2) is 4.71. The number of H-pyrrole nitrogens is 1. The van der Waals surface area contributed by atoms with E-state index in [9.17, 15) is 9.50 Å². The maximum Gasteiger partial charge on any atom is 0.153 e. The van der Waals surface area contributed by atoms with Crippen LogP contribution in [-0.4, -0.2) is 20.3 Å². The third kappa shape index (κ3) is 2.45. The molecule has 0 aliphatic carbocycles. The standard InChI is InChI=1S/C10H9BrFN3O/c11-7-3-6(1-2-8(7)12)4-9(16)10-13-5-14-15-10/h1-3,5,9,16H,4H2,(H,13,14,15). The van der Waals surface area contributed by atoms with Crippen LogP contribution in [0.1, 0.15) is 17.5 Å². The third-order valence-corrected chi connectivity index (χ3v) is 2.77. The van der Waals surface area contributed by atoms with E-state index in [1.54, 1.807) is 12.1 Å². The molecular weight excluding hydrogens is 277 g/mol. The fourth-order valence-corrected chi connectivity index (χ4v) is 1.79. The molecule has 0 aliphatic rings. The van der Waals surface area contributed by atoms with E-state index in [0.717, 1.165) is 5.56 Å². The molecule has 4 nitrogen and oxygen atoms in total. The van der Waals surface area contributed by atoms with Gasteiger partial charge in [-0.2, -0.15) is 5.10 Å². The summed E-state index contributed by atoms with van der Waals surface area (Å²) in [5.74, 6) is 0.0818. The molecule has 1 aromatic heterocycles. The summed E-state index contributed by atoms with van der Waals surface area (Å²) in [6, 6.07) is 4.61. The van der Waals surface area contributed by atoms with E-state index in [1.165, 1.54) is 12.4 Å². The van der Waals surface area contributed by atoms with Crippen LogP contribution in [0.15, 0.2) is 29.0 Å². The lowest BCUT2D eigenvalue weighted by Gasteiger charge is -2.07. The van der Waals surface area contributed by atoms with Crippen LogP contribution in [0, 0.1) is 5.82 Å². The Bertz CT molecular complexity index is 475. The largest absolute Gasteiger partial charge is 0.385 e. The highest BCUT2D eigenvalue weighted by Gasteiger charge is 2.12. The van der Waals surface area contributed by atoms with E-state index < -0.39 is 6.10 Å². The van der Waals surface area contributed by atoms with Crippen molar-refractivity contribution in [3.05, 3.63) is 46.2 Å². The molecule has 0 saturated carbocycles. The van der Waals surface area contributed by atoms with Gasteiger partial charge in [0.15, 0.2) is 5.82 Å². The lowest BCUT2D eigenvalue weighted by Crippen LogP contribution is -2.04. The second-order valence-corrected chi connectivity index (χ2v) is 4.19. The van der Waals surface area contributed by atoms with Gasteiger partial charge in [-0.15, -0.1) is 0 Å². The summed E-state index contributed by atoms with van der Waals surface area (Å²) in [5.41, 5.74) is 0.817. The molecular formula is C10H9BrFN3O. The number of hydrogen-bond acceptors (Lipinski definition) is 3. The van der Waals surface area contributed by atoms with Gasteiger partial charge in [-0.3, -0.25) is 5.10 Å². The number of aromatic amines is 1. The van der Waals surface area contributed by atoms with E-state index in [-0.39, 0.29) is 5.82 Å². The van der Waals surface area contributed by atoms with E-state index >= 15 is 0 Å². The van der Waals surface area contributed by atoms with E-state index in [4.69, 9.17) is 0 Å². The normalized spacial score (nSPS) is 12.7. The molecule has 0 radical (unpaired) electrons. The van der Waals surface area contributed by atoms with Crippen molar-refractivity contribution in [2.75, 3.05) is 0 Å². The Hall–Kier alpha value is -1.27. The van der Waals surface area contributed by atoms with Crippen LogP contribution in [0.4, 0.5) is 4.39 Å². The highest BCUT2D eigenvalue weighted by Crippen LogP contribution is 2.20. The molecule has 2 aromatic rings. The molecule has 2 rings (SSSR count). The Morgan fingerprint density at radius 1 is 1.50 bits per heavy atom. The van der Waals surface area contributed by atoms with Crippen LogP contribution in [0.3, 0.4) is 0 Å². The summed E-state index contributed by atoms with van der Waals surface area (Å²) >= 11 is 3.09. The number of benzene rings is 1. The Kier molecular flexibility index (Phi) is 3.31. The van der Waals surface area contributed by atoms with E-state index in [2.05, 4.69) is 31.1 Å².